The van der Waals surface area contributed by atoms with Crippen LogP contribution >= 0.6 is 23.2 Å². The van der Waals surface area contributed by atoms with E-state index in [9.17, 15) is 4.79 Å². The number of nitrogens with zero attached hydrogens (tertiary/aromatic N) is 2. The van der Waals surface area contributed by atoms with Crippen molar-refractivity contribution < 1.29 is 0 Å². The highest BCUT2D eigenvalue weighted by atomic mass is 35.5. The summed E-state index contributed by atoms with van der Waals surface area (Å²) in [5.41, 5.74) is 3.78. The Hall–Kier alpha value is -3.40. The average Bonchev–Trinajstić information content (AvgIpc) is 3.19. The van der Waals surface area contributed by atoms with Gasteiger partial charge in [0.1, 0.15) is 5.65 Å². The first kappa shape index (κ1) is 18.4. The molecule has 0 amide bonds. The smallest absolute Gasteiger partial charge is 0.264 e. The Morgan fingerprint density at radius 1 is 0.677 bits per heavy atom. The van der Waals surface area contributed by atoms with E-state index in [1.807, 2.05) is 84.9 Å². The third-order valence-corrected chi connectivity index (χ3v) is 6.20. The molecule has 148 valence electrons. The lowest BCUT2D eigenvalue weighted by Gasteiger charge is -2.09. The molecule has 4 aromatic carbocycles. The Bertz CT molecular complexity index is 1650. The number of pyridine rings is 1. The van der Waals surface area contributed by atoms with Crippen molar-refractivity contribution in [2.45, 2.75) is 0 Å². The van der Waals surface area contributed by atoms with E-state index in [2.05, 4.69) is 0 Å². The SMILES string of the molecule is O=c1c2cccc3cccc(c32)c2nc(-c3ccc(Cl)cc3)c(-c3ccc(Cl)cc3)n12. The van der Waals surface area contributed by atoms with Gasteiger partial charge in [-0.3, -0.25) is 9.20 Å². The third-order valence-electron chi connectivity index (χ3n) is 5.69. The second-order valence-electron chi connectivity index (χ2n) is 7.50. The van der Waals surface area contributed by atoms with Crippen LogP contribution in [0, 0.1) is 0 Å². The van der Waals surface area contributed by atoms with Gasteiger partial charge in [-0.2, -0.15) is 0 Å². The first-order valence-electron chi connectivity index (χ1n) is 9.83. The topological polar surface area (TPSA) is 34.4 Å². The molecule has 0 bridgehead atoms. The van der Waals surface area contributed by atoms with E-state index < -0.39 is 0 Å². The molecule has 0 aliphatic carbocycles. The van der Waals surface area contributed by atoms with E-state index in [4.69, 9.17) is 28.2 Å². The number of benzene rings is 4. The summed E-state index contributed by atoms with van der Waals surface area (Å²) in [5.74, 6) is 0. The number of fused-ring (bicyclic) bond motifs is 2. The minimum absolute atomic E-state index is 0.0861. The minimum atomic E-state index is -0.0861. The third kappa shape index (κ3) is 2.74. The van der Waals surface area contributed by atoms with Crippen molar-refractivity contribution in [3.8, 4) is 22.5 Å². The fraction of sp³-hybridized carbons (Fsp3) is 0. The lowest BCUT2D eigenvalue weighted by atomic mass is 10.0. The van der Waals surface area contributed by atoms with E-state index in [-0.39, 0.29) is 5.56 Å². The van der Waals surface area contributed by atoms with E-state index in [0.29, 0.717) is 21.1 Å². The van der Waals surface area contributed by atoms with E-state index in [0.717, 1.165) is 38.7 Å². The molecule has 0 saturated heterocycles. The molecular weight excluding hydrogens is 427 g/mol. The second-order valence-corrected chi connectivity index (χ2v) is 8.37. The quantitative estimate of drug-likeness (QED) is 0.288. The van der Waals surface area contributed by atoms with Crippen LogP contribution in [-0.2, 0) is 0 Å². The normalized spacial score (nSPS) is 11.7. The van der Waals surface area contributed by atoms with Crippen LogP contribution in [0.1, 0.15) is 0 Å². The van der Waals surface area contributed by atoms with Gasteiger partial charge in [-0.15, -0.1) is 0 Å². The molecule has 0 N–H and O–H groups in total. The van der Waals surface area contributed by atoms with Crippen LogP contribution < -0.4 is 5.56 Å². The van der Waals surface area contributed by atoms with Crippen LogP contribution in [0.3, 0.4) is 0 Å². The summed E-state index contributed by atoms with van der Waals surface area (Å²) in [4.78, 5) is 18.7. The number of hydrogen-bond acceptors (Lipinski definition) is 2. The highest BCUT2D eigenvalue weighted by Gasteiger charge is 2.21. The lowest BCUT2D eigenvalue weighted by Crippen LogP contribution is -2.14. The molecule has 6 rings (SSSR count). The summed E-state index contributed by atoms with van der Waals surface area (Å²) in [7, 11) is 0. The number of rotatable bonds is 2. The zero-order valence-corrected chi connectivity index (χ0v) is 17.7. The molecule has 5 heteroatoms. The predicted molar refractivity (Wildman–Crippen MR) is 129 cm³/mol. The average molecular weight is 441 g/mol. The molecule has 31 heavy (non-hydrogen) atoms. The highest BCUT2D eigenvalue weighted by molar-refractivity contribution is 6.31. The van der Waals surface area contributed by atoms with Crippen molar-refractivity contribution in [1.29, 1.82) is 0 Å². The summed E-state index contributed by atoms with van der Waals surface area (Å²) in [6.07, 6.45) is 0. The number of aromatic nitrogens is 2. The molecule has 6 aromatic rings. The monoisotopic (exact) mass is 440 g/mol. The predicted octanol–water partition coefficient (Wildman–Crippen LogP) is 7.08. The molecule has 0 radical (unpaired) electrons. The summed E-state index contributed by atoms with van der Waals surface area (Å²) in [6, 6.07) is 26.9. The van der Waals surface area contributed by atoms with Gasteiger partial charge in [-0.25, -0.2) is 4.98 Å². The molecule has 2 aromatic heterocycles. The molecule has 0 aliphatic heterocycles. The van der Waals surface area contributed by atoms with Crippen LogP contribution in [0.5, 0.6) is 0 Å². The van der Waals surface area contributed by atoms with Gasteiger partial charge in [0.15, 0.2) is 0 Å². The highest BCUT2D eigenvalue weighted by Crippen LogP contribution is 2.36. The zero-order valence-electron chi connectivity index (χ0n) is 16.1. The summed E-state index contributed by atoms with van der Waals surface area (Å²) in [6.45, 7) is 0. The largest absolute Gasteiger partial charge is 0.268 e. The molecule has 2 heterocycles. The summed E-state index contributed by atoms with van der Waals surface area (Å²) >= 11 is 12.3. The summed E-state index contributed by atoms with van der Waals surface area (Å²) in [5, 5.41) is 4.88. The zero-order chi connectivity index (χ0) is 21.1. The van der Waals surface area contributed by atoms with Gasteiger partial charge in [-0.1, -0.05) is 77.8 Å². The Balaban J connectivity index is 1.84. The summed E-state index contributed by atoms with van der Waals surface area (Å²) < 4.78 is 1.73. The van der Waals surface area contributed by atoms with Crippen LogP contribution in [0.25, 0.3) is 49.7 Å². The molecule has 0 fully saturated rings. The van der Waals surface area contributed by atoms with Crippen molar-refractivity contribution >= 4 is 50.4 Å². The van der Waals surface area contributed by atoms with Crippen molar-refractivity contribution in [3.63, 3.8) is 0 Å². The first-order chi connectivity index (χ1) is 15.1. The van der Waals surface area contributed by atoms with Gasteiger partial charge in [0.2, 0.25) is 0 Å². The van der Waals surface area contributed by atoms with E-state index in [1.165, 1.54) is 0 Å². The Kier molecular flexibility index (Phi) is 4.04. The van der Waals surface area contributed by atoms with Crippen molar-refractivity contribution in [2.75, 3.05) is 0 Å². The van der Waals surface area contributed by atoms with Crippen LogP contribution in [0.4, 0.5) is 0 Å². The fourth-order valence-corrected chi connectivity index (χ4v) is 4.56. The second kappa shape index (κ2) is 6.81. The van der Waals surface area contributed by atoms with E-state index in [1.54, 1.807) is 4.40 Å². The number of hydrogen-bond donors (Lipinski definition) is 0. The Morgan fingerprint density at radius 3 is 1.90 bits per heavy atom. The van der Waals surface area contributed by atoms with Crippen LogP contribution in [0.15, 0.2) is 89.7 Å². The Morgan fingerprint density at radius 2 is 1.26 bits per heavy atom. The maximum Gasteiger partial charge on any atom is 0.264 e. The molecule has 0 unspecified atom stereocenters. The van der Waals surface area contributed by atoms with Gasteiger partial charge in [0.25, 0.3) is 5.56 Å². The van der Waals surface area contributed by atoms with E-state index >= 15 is 0 Å². The molecular formula is C26H14Cl2N2O. The minimum Gasteiger partial charge on any atom is -0.268 e. The van der Waals surface area contributed by atoms with Gasteiger partial charge in [-0.05, 0) is 35.7 Å². The maximum absolute atomic E-state index is 13.7. The molecule has 0 saturated carbocycles. The van der Waals surface area contributed by atoms with Crippen LogP contribution in [-0.4, -0.2) is 9.38 Å². The number of halogens is 2. The maximum atomic E-state index is 13.7. The standard InChI is InChI=1S/C26H14Cl2N2O/c27-18-11-7-16(8-12-18)23-24(17-9-13-19(28)14-10-17)30-25(29-23)20-5-1-3-15-4-2-6-21(22(15)20)26(30)31/h1-14H. The van der Waals surface area contributed by atoms with Crippen LogP contribution in [0.2, 0.25) is 10.0 Å². The van der Waals surface area contributed by atoms with Crippen molar-refractivity contribution in [3.05, 3.63) is 105 Å². The molecule has 0 aliphatic rings. The molecule has 0 spiro atoms. The van der Waals surface area contributed by atoms with Crippen molar-refractivity contribution in [1.82, 2.24) is 9.38 Å². The Labute approximate surface area is 187 Å². The molecule has 3 nitrogen and oxygen atoms in total. The first-order valence-corrected chi connectivity index (χ1v) is 10.6. The van der Waals surface area contributed by atoms with Crippen molar-refractivity contribution in [2.24, 2.45) is 0 Å². The van der Waals surface area contributed by atoms with Gasteiger partial charge >= 0.3 is 0 Å². The lowest BCUT2D eigenvalue weighted by molar-refractivity contribution is 1.15. The van der Waals surface area contributed by atoms with Gasteiger partial charge in [0.05, 0.1) is 11.4 Å². The number of imidazole rings is 1. The van der Waals surface area contributed by atoms with Gasteiger partial charge in [0, 0.05) is 37.3 Å². The fourth-order valence-electron chi connectivity index (χ4n) is 4.31. The molecule has 0 atom stereocenters. The van der Waals surface area contributed by atoms with Gasteiger partial charge < -0.3 is 0 Å².